The van der Waals surface area contributed by atoms with Crippen LogP contribution in [0.3, 0.4) is 0 Å². The molecular formula is C32H42N4O3S. The van der Waals surface area contributed by atoms with Crippen molar-refractivity contribution in [3.8, 4) is 11.5 Å². The highest BCUT2D eigenvalue weighted by Crippen LogP contribution is 2.36. The first kappa shape index (κ1) is 29.7. The van der Waals surface area contributed by atoms with Crippen LogP contribution in [-0.2, 0) is 6.42 Å². The number of fused-ring (bicyclic) bond motifs is 2. The van der Waals surface area contributed by atoms with E-state index in [1.165, 1.54) is 62.3 Å². The lowest BCUT2D eigenvalue weighted by Crippen LogP contribution is -2.02. The van der Waals surface area contributed by atoms with E-state index in [1.54, 1.807) is 18.2 Å². The molecule has 0 aliphatic carbocycles. The van der Waals surface area contributed by atoms with Crippen LogP contribution in [0.1, 0.15) is 111 Å². The van der Waals surface area contributed by atoms with E-state index >= 15 is 0 Å². The first-order chi connectivity index (χ1) is 19.4. The van der Waals surface area contributed by atoms with Crippen molar-refractivity contribution >= 4 is 44.3 Å². The maximum atomic E-state index is 13.4. The van der Waals surface area contributed by atoms with Crippen LogP contribution in [0.25, 0.3) is 22.1 Å². The number of phenolic OH excluding ortho intramolecular Hbond substituents is 2. The molecule has 0 saturated carbocycles. The van der Waals surface area contributed by atoms with Gasteiger partial charge in [0.2, 0.25) is 5.78 Å². The maximum Gasteiger partial charge on any atom is 0.205 e. The molecule has 0 aliphatic heterocycles. The van der Waals surface area contributed by atoms with Crippen LogP contribution in [0.15, 0.2) is 24.3 Å². The van der Waals surface area contributed by atoms with Gasteiger partial charge in [0.1, 0.15) is 0 Å². The Kier molecular flexibility index (Phi) is 10.7. The van der Waals surface area contributed by atoms with E-state index in [0.717, 1.165) is 37.4 Å². The first-order valence-corrected chi connectivity index (χ1v) is 15.7. The average molecular weight is 563 g/mol. The number of phenols is 2. The Morgan fingerprint density at radius 1 is 0.825 bits per heavy atom. The van der Waals surface area contributed by atoms with Gasteiger partial charge in [-0.15, -0.1) is 0 Å². The van der Waals surface area contributed by atoms with Crippen molar-refractivity contribution in [2.45, 2.75) is 97.8 Å². The topological polar surface area (TPSA) is 108 Å². The molecule has 7 nitrogen and oxygen atoms in total. The number of unbranched alkanes of at least 4 members (excludes halogenated alkanes) is 9. The van der Waals surface area contributed by atoms with E-state index in [9.17, 15) is 15.0 Å². The molecule has 40 heavy (non-hydrogen) atoms. The number of aryl methyl sites for hydroxylation is 2. The van der Waals surface area contributed by atoms with Gasteiger partial charge in [0.15, 0.2) is 16.6 Å². The summed E-state index contributed by atoms with van der Waals surface area (Å²) < 4.78 is 0. The molecular weight excluding hydrogens is 520 g/mol. The van der Waals surface area contributed by atoms with E-state index in [0.29, 0.717) is 50.2 Å². The summed E-state index contributed by atoms with van der Waals surface area (Å²) in [5.41, 5.74) is 4.19. The van der Waals surface area contributed by atoms with Crippen LogP contribution in [-0.4, -0.2) is 37.5 Å². The Morgan fingerprint density at radius 3 is 2.25 bits per heavy atom. The van der Waals surface area contributed by atoms with E-state index in [2.05, 4.69) is 24.1 Å². The molecule has 0 saturated heterocycles. The molecule has 0 aliphatic rings. The lowest BCUT2D eigenvalue weighted by Gasteiger charge is -2.11. The second kappa shape index (κ2) is 14.4. The summed E-state index contributed by atoms with van der Waals surface area (Å²) in [6.45, 7) is 7.06. The summed E-state index contributed by atoms with van der Waals surface area (Å²) in [6, 6.07) is 6.78. The fraction of sp³-hybridized carbons (Fsp3) is 0.500. The summed E-state index contributed by atoms with van der Waals surface area (Å²) in [4.78, 5) is 28.0. The third-order valence-corrected chi connectivity index (χ3v) is 8.49. The average Bonchev–Trinajstić information content (AvgIpc) is 3.32. The number of aromatic nitrogens is 3. The molecule has 214 valence electrons. The molecule has 4 rings (SSSR count). The van der Waals surface area contributed by atoms with Crippen molar-refractivity contribution in [3.05, 3.63) is 46.0 Å². The first-order valence-electron chi connectivity index (χ1n) is 14.8. The van der Waals surface area contributed by atoms with Crippen LogP contribution >= 0.6 is 11.3 Å². The molecule has 0 bridgehead atoms. The van der Waals surface area contributed by atoms with Gasteiger partial charge in [0, 0.05) is 23.7 Å². The molecule has 2 heterocycles. The van der Waals surface area contributed by atoms with Gasteiger partial charge in [0.25, 0.3) is 0 Å². The van der Waals surface area contributed by atoms with Gasteiger partial charge in [0.05, 0.1) is 32.6 Å². The van der Waals surface area contributed by atoms with Gasteiger partial charge in [-0.25, -0.2) is 15.0 Å². The number of aromatic hydroxyl groups is 2. The van der Waals surface area contributed by atoms with Crippen molar-refractivity contribution < 1.29 is 15.0 Å². The number of carbonyl (C=O) groups is 1. The molecule has 0 spiro atoms. The maximum absolute atomic E-state index is 13.4. The molecule has 4 aromatic rings. The van der Waals surface area contributed by atoms with Gasteiger partial charge in [-0.3, -0.25) is 4.79 Å². The standard InChI is InChI=1S/C32H42N4O3S/c1-4-6-8-9-10-11-12-13-14-15-23-28-26(20-27(37)30(23)39)35-25-19-22(16-17-24(25)36-28)29(38)31-21(3)34-32(40-31)33-18-7-5-2/h16-17,19-20,37,39H,4-15,18H2,1-3H3,(H,33,34). The molecule has 2 aromatic carbocycles. The zero-order valence-electron chi connectivity index (χ0n) is 24.1. The summed E-state index contributed by atoms with van der Waals surface area (Å²) in [6.07, 6.45) is 13.7. The number of nitrogens with one attached hydrogen (secondary N) is 1. The molecule has 0 atom stereocenters. The summed E-state index contributed by atoms with van der Waals surface area (Å²) in [5.74, 6) is -0.402. The van der Waals surface area contributed by atoms with Gasteiger partial charge in [-0.05, 0) is 44.4 Å². The van der Waals surface area contributed by atoms with Crippen LogP contribution in [0, 0.1) is 6.92 Å². The monoisotopic (exact) mass is 562 g/mol. The molecule has 2 aromatic heterocycles. The van der Waals surface area contributed by atoms with Crippen molar-refractivity contribution in [1.29, 1.82) is 0 Å². The van der Waals surface area contributed by atoms with Crippen molar-refractivity contribution in [3.63, 3.8) is 0 Å². The molecule has 8 heteroatoms. The molecule has 0 amide bonds. The Balaban J connectivity index is 1.50. The molecule has 0 fully saturated rings. The fourth-order valence-electron chi connectivity index (χ4n) is 5.03. The Hall–Kier alpha value is -3.26. The van der Waals surface area contributed by atoms with E-state index in [-0.39, 0.29) is 17.3 Å². The Bertz CT molecular complexity index is 1450. The van der Waals surface area contributed by atoms with Gasteiger partial charge in [-0.2, -0.15) is 0 Å². The van der Waals surface area contributed by atoms with Gasteiger partial charge < -0.3 is 15.5 Å². The number of rotatable bonds is 16. The molecule has 3 N–H and O–H groups in total. The van der Waals surface area contributed by atoms with Crippen LogP contribution < -0.4 is 5.32 Å². The smallest absolute Gasteiger partial charge is 0.205 e. The lowest BCUT2D eigenvalue weighted by atomic mass is 10.0. The van der Waals surface area contributed by atoms with Crippen molar-refractivity contribution in [2.75, 3.05) is 11.9 Å². The summed E-state index contributed by atoms with van der Waals surface area (Å²) in [7, 11) is 0. The van der Waals surface area contributed by atoms with Crippen LogP contribution in [0.2, 0.25) is 0 Å². The Labute approximate surface area is 241 Å². The minimum absolute atomic E-state index is 0.0954. The highest BCUT2D eigenvalue weighted by Gasteiger charge is 2.19. The Morgan fingerprint density at radius 2 is 1.52 bits per heavy atom. The number of benzene rings is 2. The van der Waals surface area contributed by atoms with Crippen molar-refractivity contribution in [1.82, 2.24) is 15.0 Å². The normalized spacial score (nSPS) is 11.5. The number of thiazole rings is 1. The van der Waals surface area contributed by atoms with Gasteiger partial charge in [-0.1, -0.05) is 83.0 Å². The van der Waals surface area contributed by atoms with E-state index < -0.39 is 0 Å². The molecule has 0 radical (unpaired) electrons. The third-order valence-electron chi connectivity index (χ3n) is 7.38. The SMILES string of the molecule is CCCCCCCCCCCc1c(O)c(O)cc2nc3cc(C(=O)c4sc(NCCCC)nc4C)ccc3nc12. The quantitative estimate of drug-likeness (QED) is 0.0544. The minimum atomic E-state index is -0.192. The van der Waals surface area contributed by atoms with Gasteiger partial charge >= 0.3 is 0 Å². The summed E-state index contributed by atoms with van der Waals surface area (Å²) in [5, 5.41) is 25.1. The zero-order chi connectivity index (χ0) is 28.5. The number of nitrogens with zero attached hydrogens (tertiary/aromatic N) is 3. The fourth-order valence-corrected chi connectivity index (χ4v) is 5.99. The zero-order valence-corrected chi connectivity index (χ0v) is 24.9. The second-order valence-electron chi connectivity index (χ2n) is 10.6. The van der Waals surface area contributed by atoms with Crippen LogP contribution in [0.5, 0.6) is 11.5 Å². The van der Waals surface area contributed by atoms with Crippen molar-refractivity contribution in [2.24, 2.45) is 0 Å². The number of hydrogen-bond acceptors (Lipinski definition) is 8. The number of ketones is 1. The van der Waals surface area contributed by atoms with E-state index in [4.69, 9.17) is 9.97 Å². The number of carbonyl (C=O) groups excluding carboxylic acids is 1. The van der Waals surface area contributed by atoms with E-state index in [1.807, 2.05) is 6.92 Å². The predicted octanol–water partition coefficient (Wildman–Crippen LogP) is 8.48. The molecule has 0 unspecified atom stereocenters. The summed E-state index contributed by atoms with van der Waals surface area (Å²) >= 11 is 1.37. The number of hydrogen-bond donors (Lipinski definition) is 3. The largest absolute Gasteiger partial charge is 0.504 e. The predicted molar refractivity (Wildman–Crippen MR) is 165 cm³/mol. The third kappa shape index (κ3) is 7.27. The second-order valence-corrected chi connectivity index (χ2v) is 11.6. The minimum Gasteiger partial charge on any atom is -0.504 e. The number of anilines is 1. The highest BCUT2D eigenvalue weighted by atomic mass is 32.1. The lowest BCUT2D eigenvalue weighted by molar-refractivity contribution is 0.104. The van der Waals surface area contributed by atoms with Crippen LogP contribution in [0.4, 0.5) is 5.13 Å². The highest BCUT2D eigenvalue weighted by molar-refractivity contribution is 7.17.